The predicted molar refractivity (Wildman–Crippen MR) is 105 cm³/mol. The van der Waals surface area contributed by atoms with E-state index in [0.717, 1.165) is 30.1 Å². The Balaban J connectivity index is 1.55. The molecule has 0 aliphatic heterocycles. The molecule has 2 rings (SSSR count). The molecule has 0 aromatic heterocycles. The lowest BCUT2D eigenvalue weighted by atomic mass is 9.68. The Kier molecular flexibility index (Phi) is 9.65. The zero-order chi connectivity index (χ0) is 17.9. The molecule has 25 heavy (non-hydrogen) atoms. The van der Waals surface area contributed by atoms with E-state index in [0.29, 0.717) is 6.61 Å². The van der Waals surface area contributed by atoms with Gasteiger partial charge < -0.3 is 4.74 Å². The topological polar surface area (TPSA) is 26.3 Å². The van der Waals surface area contributed by atoms with Gasteiger partial charge in [-0.05, 0) is 62.2 Å². The van der Waals surface area contributed by atoms with Crippen molar-refractivity contribution in [1.82, 2.24) is 0 Å². The van der Waals surface area contributed by atoms with Gasteiger partial charge in [-0.3, -0.25) is 0 Å². The first-order valence-corrected chi connectivity index (χ1v) is 11.0. The van der Waals surface area contributed by atoms with Crippen LogP contribution < -0.4 is 0 Å². The van der Waals surface area contributed by atoms with Crippen LogP contribution in [0.25, 0.3) is 0 Å². The maximum atomic E-state index is 11.0. The van der Waals surface area contributed by atoms with Crippen LogP contribution in [0.1, 0.15) is 96.8 Å². The molecule has 0 aromatic rings. The summed E-state index contributed by atoms with van der Waals surface area (Å²) in [5.41, 5.74) is 0. The maximum absolute atomic E-state index is 11.0. The van der Waals surface area contributed by atoms with Crippen molar-refractivity contribution in [2.24, 2.45) is 23.7 Å². The summed E-state index contributed by atoms with van der Waals surface area (Å²) in [6.07, 6.45) is 20.9. The number of esters is 1. The van der Waals surface area contributed by atoms with E-state index in [9.17, 15) is 4.79 Å². The molecule has 0 unspecified atom stereocenters. The van der Waals surface area contributed by atoms with Crippen molar-refractivity contribution >= 4 is 5.97 Å². The summed E-state index contributed by atoms with van der Waals surface area (Å²) in [5.74, 6) is 3.65. The molecule has 0 aromatic carbocycles. The third-order valence-electron chi connectivity index (χ3n) is 6.83. The summed E-state index contributed by atoms with van der Waals surface area (Å²) >= 11 is 0. The number of unbranched alkanes of at least 4 members (excludes halogenated alkanes) is 2. The predicted octanol–water partition coefficient (Wildman–Crippen LogP) is 6.69. The largest absolute Gasteiger partial charge is 0.463 e. The minimum Gasteiger partial charge on any atom is -0.463 e. The molecule has 0 bridgehead atoms. The second-order valence-electron chi connectivity index (χ2n) is 8.57. The Labute approximate surface area is 155 Å². The zero-order valence-corrected chi connectivity index (χ0v) is 16.5. The summed E-state index contributed by atoms with van der Waals surface area (Å²) in [5, 5.41) is 0. The number of ether oxygens (including phenoxy) is 1. The number of hydrogen-bond acceptors (Lipinski definition) is 2. The van der Waals surface area contributed by atoms with Gasteiger partial charge in [-0.15, -0.1) is 0 Å². The van der Waals surface area contributed by atoms with E-state index in [2.05, 4.69) is 13.5 Å². The van der Waals surface area contributed by atoms with E-state index in [-0.39, 0.29) is 5.97 Å². The quantitative estimate of drug-likeness (QED) is 0.250. The zero-order valence-electron chi connectivity index (χ0n) is 16.5. The van der Waals surface area contributed by atoms with Gasteiger partial charge in [-0.2, -0.15) is 0 Å². The van der Waals surface area contributed by atoms with Crippen LogP contribution in [-0.4, -0.2) is 12.6 Å². The van der Waals surface area contributed by atoms with Gasteiger partial charge in [-0.1, -0.05) is 64.9 Å². The monoisotopic (exact) mass is 348 g/mol. The Hall–Kier alpha value is -0.790. The first-order valence-electron chi connectivity index (χ1n) is 11.0. The fourth-order valence-electron chi connectivity index (χ4n) is 5.18. The van der Waals surface area contributed by atoms with Crippen LogP contribution in [0.15, 0.2) is 12.7 Å². The highest BCUT2D eigenvalue weighted by molar-refractivity contribution is 5.81. The first-order chi connectivity index (χ1) is 12.2. The van der Waals surface area contributed by atoms with Crippen molar-refractivity contribution < 1.29 is 9.53 Å². The average molecular weight is 349 g/mol. The van der Waals surface area contributed by atoms with Gasteiger partial charge in [0.05, 0.1) is 6.61 Å². The molecule has 2 fully saturated rings. The van der Waals surface area contributed by atoms with Crippen LogP contribution in [-0.2, 0) is 9.53 Å². The molecule has 2 aliphatic rings. The molecule has 0 atom stereocenters. The van der Waals surface area contributed by atoms with Gasteiger partial charge in [0.15, 0.2) is 0 Å². The van der Waals surface area contributed by atoms with Gasteiger partial charge in [-0.25, -0.2) is 4.79 Å². The van der Waals surface area contributed by atoms with E-state index >= 15 is 0 Å². The molecule has 2 aliphatic carbocycles. The standard InChI is InChI=1S/C23H40O2/c1-3-5-6-8-19-10-14-21(15-11-19)22-16-12-20(13-17-22)9-7-18-25-23(24)4-2/h4,19-22H,2-3,5-18H2,1H3. The third kappa shape index (κ3) is 7.54. The molecule has 0 radical (unpaired) electrons. The Morgan fingerprint density at radius 1 is 0.880 bits per heavy atom. The Morgan fingerprint density at radius 3 is 1.88 bits per heavy atom. The van der Waals surface area contributed by atoms with Crippen LogP contribution in [0, 0.1) is 23.7 Å². The molecule has 0 amide bonds. The Morgan fingerprint density at radius 2 is 1.40 bits per heavy atom. The molecule has 144 valence electrons. The Bertz CT molecular complexity index is 374. The average Bonchev–Trinajstić information content (AvgIpc) is 2.66. The summed E-state index contributed by atoms with van der Waals surface area (Å²) in [6, 6.07) is 0. The van der Waals surface area contributed by atoms with Crippen molar-refractivity contribution in [1.29, 1.82) is 0 Å². The van der Waals surface area contributed by atoms with E-state index in [4.69, 9.17) is 4.74 Å². The van der Waals surface area contributed by atoms with Gasteiger partial charge in [0.25, 0.3) is 0 Å². The summed E-state index contributed by atoms with van der Waals surface area (Å²) < 4.78 is 5.09. The van der Waals surface area contributed by atoms with Crippen molar-refractivity contribution in [3.63, 3.8) is 0 Å². The number of carbonyl (C=O) groups excluding carboxylic acids is 1. The van der Waals surface area contributed by atoms with Gasteiger partial charge in [0.1, 0.15) is 0 Å². The number of carbonyl (C=O) groups is 1. The molecule has 0 heterocycles. The highest BCUT2D eigenvalue weighted by Gasteiger charge is 2.30. The second-order valence-corrected chi connectivity index (χ2v) is 8.57. The molecule has 0 saturated heterocycles. The fraction of sp³-hybridized carbons (Fsp3) is 0.870. The second kappa shape index (κ2) is 11.8. The van der Waals surface area contributed by atoms with Crippen molar-refractivity contribution in [3.05, 3.63) is 12.7 Å². The van der Waals surface area contributed by atoms with Gasteiger partial charge in [0, 0.05) is 6.08 Å². The molecule has 2 saturated carbocycles. The fourth-order valence-corrected chi connectivity index (χ4v) is 5.18. The minimum atomic E-state index is -0.283. The van der Waals surface area contributed by atoms with Crippen molar-refractivity contribution in [2.75, 3.05) is 6.61 Å². The summed E-state index contributed by atoms with van der Waals surface area (Å²) in [7, 11) is 0. The molecular formula is C23H40O2. The lowest BCUT2D eigenvalue weighted by Crippen LogP contribution is -2.26. The number of hydrogen-bond donors (Lipinski definition) is 0. The van der Waals surface area contributed by atoms with Crippen LogP contribution >= 0.6 is 0 Å². The van der Waals surface area contributed by atoms with Crippen molar-refractivity contribution in [2.45, 2.75) is 96.8 Å². The lowest BCUT2D eigenvalue weighted by molar-refractivity contribution is -0.137. The smallest absolute Gasteiger partial charge is 0.330 e. The van der Waals surface area contributed by atoms with E-state index in [1.807, 2.05) is 0 Å². The molecule has 0 N–H and O–H groups in total. The maximum Gasteiger partial charge on any atom is 0.330 e. The first kappa shape index (κ1) is 20.5. The lowest BCUT2D eigenvalue weighted by Gasteiger charge is -2.38. The molecular weight excluding hydrogens is 308 g/mol. The molecule has 2 heteroatoms. The van der Waals surface area contributed by atoms with Gasteiger partial charge in [0.2, 0.25) is 0 Å². The normalized spacial score (nSPS) is 30.0. The van der Waals surface area contributed by atoms with Crippen LogP contribution in [0.4, 0.5) is 0 Å². The van der Waals surface area contributed by atoms with E-state index in [1.165, 1.54) is 89.5 Å². The van der Waals surface area contributed by atoms with Crippen molar-refractivity contribution in [3.8, 4) is 0 Å². The molecule has 2 nitrogen and oxygen atoms in total. The van der Waals surface area contributed by atoms with Crippen LogP contribution in [0.3, 0.4) is 0 Å². The van der Waals surface area contributed by atoms with Crippen LogP contribution in [0.5, 0.6) is 0 Å². The SMILES string of the molecule is C=CC(=O)OCCCC1CCC(C2CCC(CCCCC)CC2)CC1. The van der Waals surface area contributed by atoms with E-state index < -0.39 is 0 Å². The van der Waals surface area contributed by atoms with Crippen LogP contribution in [0.2, 0.25) is 0 Å². The highest BCUT2D eigenvalue weighted by atomic mass is 16.5. The van der Waals surface area contributed by atoms with Gasteiger partial charge >= 0.3 is 5.97 Å². The summed E-state index contributed by atoms with van der Waals surface area (Å²) in [6.45, 7) is 6.30. The third-order valence-corrected chi connectivity index (χ3v) is 6.83. The number of rotatable bonds is 10. The molecule has 0 spiro atoms. The van der Waals surface area contributed by atoms with E-state index in [1.54, 1.807) is 0 Å². The highest BCUT2D eigenvalue weighted by Crippen LogP contribution is 2.43. The minimum absolute atomic E-state index is 0.283. The summed E-state index contributed by atoms with van der Waals surface area (Å²) in [4.78, 5) is 11.0.